The predicted molar refractivity (Wildman–Crippen MR) is 77.1 cm³/mol. The van der Waals surface area contributed by atoms with Crippen LogP contribution in [0.3, 0.4) is 0 Å². The number of hydrogen-bond donors (Lipinski definition) is 1. The molecule has 0 radical (unpaired) electrons. The van der Waals surface area contributed by atoms with Gasteiger partial charge in [-0.1, -0.05) is 34.1 Å². The minimum atomic E-state index is -0.329. The number of benzene rings is 1. The average Bonchev–Trinajstić information content (AvgIpc) is 2.87. The second-order valence-corrected chi connectivity index (χ2v) is 5.38. The van der Waals surface area contributed by atoms with Crippen LogP contribution < -0.4 is 5.73 Å². The third-order valence-corrected chi connectivity index (χ3v) is 3.94. The number of likely N-dealkylation sites (tertiary alicyclic amines) is 1. The fourth-order valence-corrected chi connectivity index (χ4v) is 2.49. The van der Waals surface area contributed by atoms with E-state index in [1.54, 1.807) is 11.0 Å². The fraction of sp³-hybridized carbons (Fsp3) is 0.286. The van der Waals surface area contributed by atoms with Gasteiger partial charge in [-0.2, -0.15) is 0 Å². The molecule has 5 heteroatoms. The number of nitrogens with two attached hydrogens (primary N) is 1. The maximum Gasteiger partial charge on any atom is 0.246 e. The predicted octanol–water partition coefficient (Wildman–Crippen LogP) is 1.80. The smallest absolute Gasteiger partial charge is 0.246 e. The van der Waals surface area contributed by atoms with Crippen molar-refractivity contribution < 1.29 is 9.59 Å². The summed E-state index contributed by atoms with van der Waals surface area (Å²) in [5.74, 6) is -0.620. The molecule has 19 heavy (non-hydrogen) atoms. The van der Waals surface area contributed by atoms with Crippen LogP contribution in [0.1, 0.15) is 12.0 Å². The molecule has 1 aliphatic heterocycles. The number of primary amides is 1. The maximum atomic E-state index is 12.0. The van der Waals surface area contributed by atoms with E-state index in [1.165, 1.54) is 6.08 Å². The molecule has 100 valence electrons. The molecule has 2 N–H and O–H groups in total. The van der Waals surface area contributed by atoms with Crippen LogP contribution in [0.2, 0.25) is 0 Å². The SMILES string of the molecule is NC(=O)[C@H]1CCN(C(=O)/C=C\c2ccccc2Br)C1. The molecule has 1 aliphatic rings. The summed E-state index contributed by atoms with van der Waals surface area (Å²) in [6, 6.07) is 7.67. The molecule has 1 saturated heterocycles. The number of amides is 2. The van der Waals surface area contributed by atoms with Gasteiger partial charge in [-0.15, -0.1) is 0 Å². The molecule has 0 aromatic heterocycles. The Labute approximate surface area is 120 Å². The lowest BCUT2D eigenvalue weighted by Crippen LogP contribution is -2.30. The highest BCUT2D eigenvalue weighted by molar-refractivity contribution is 9.10. The molecule has 1 heterocycles. The number of carbonyl (C=O) groups excluding carboxylic acids is 2. The van der Waals surface area contributed by atoms with Gasteiger partial charge in [0.05, 0.1) is 5.92 Å². The zero-order valence-corrected chi connectivity index (χ0v) is 12.0. The first kappa shape index (κ1) is 13.8. The van der Waals surface area contributed by atoms with Crippen molar-refractivity contribution in [1.82, 2.24) is 4.90 Å². The molecular formula is C14H15BrN2O2. The molecule has 1 aromatic carbocycles. The lowest BCUT2D eigenvalue weighted by Gasteiger charge is -2.13. The van der Waals surface area contributed by atoms with Crippen LogP contribution in [0.4, 0.5) is 0 Å². The van der Waals surface area contributed by atoms with Crippen molar-refractivity contribution in [2.24, 2.45) is 11.7 Å². The van der Waals surface area contributed by atoms with Gasteiger partial charge in [-0.05, 0) is 24.1 Å². The van der Waals surface area contributed by atoms with Crippen LogP contribution in [0.25, 0.3) is 6.08 Å². The Hall–Kier alpha value is -1.62. The normalized spacial score (nSPS) is 19.0. The fourth-order valence-electron chi connectivity index (χ4n) is 2.07. The monoisotopic (exact) mass is 322 g/mol. The molecule has 1 fully saturated rings. The summed E-state index contributed by atoms with van der Waals surface area (Å²) in [6.07, 6.45) is 3.96. The summed E-state index contributed by atoms with van der Waals surface area (Å²) in [4.78, 5) is 24.7. The summed E-state index contributed by atoms with van der Waals surface area (Å²) in [5, 5.41) is 0. The maximum absolute atomic E-state index is 12.0. The van der Waals surface area contributed by atoms with Crippen LogP contribution in [0, 0.1) is 5.92 Å². The van der Waals surface area contributed by atoms with Crippen molar-refractivity contribution in [2.75, 3.05) is 13.1 Å². The Morgan fingerprint density at radius 3 is 2.74 bits per heavy atom. The Bertz CT molecular complexity index is 528. The van der Waals surface area contributed by atoms with E-state index in [4.69, 9.17) is 5.73 Å². The molecule has 2 amide bonds. The molecule has 0 spiro atoms. The van der Waals surface area contributed by atoms with Crippen LogP contribution >= 0.6 is 15.9 Å². The second-order valence-electron chi connectivity index (χ2n) is 4.53. The minimum absolute atomic E-state index is 0.0838. The number of halogens is 1. The Morgan fingerprint density at radius 1 is 1.37 bits per heavy atom. The van der Waals surface area contributed by atoms with Gasteiger partial charge in [-0.25, -0.2) is 0 Å². The summed E-state index contributed by atoms with van der Waals surface area (Å²) < 4.78 is 0.940. The quantitative estimate of drug-likeness (QED) is 0.862. The zero-order valence-electron chi connectivity index (χ0n) is 10.4. The van der Waals surface area contributed by atoms with E-state index in [-0.39, 0.29) is 17.7 Å². The van der Waals surface area contributed by atoms with Gasteiger partial charge in [0, 0.05) is 23.6 Å². The van der Waals surface area contributed by atoms with Crippen molar-refractivity contribution in [3.63, 3.8) is 0 Å². The van der Waals surface area contributed by atoms with Crippen LogP contribution in [0.15, 0.2) is 34.8 Å². The molecule has 2 rings (SSSR count). The van der Waals surface area contributed by atoms with E-state index in [0.717, 1.165) is 10.0 Å². The van der Waals surface area contributed by atoms with Gasteiger partial charge in [0.15, 0.2) is 0 Å². The number of hydrogen-bond acceptors (Lipinski definition) is 2. The summed E-state index contributed by atoms with van der Waals surface area (Å²) in [5.41, 5.74) is 6.19. The van der Waals surface area contributed by atoms with E-state index in [9.17, 15) is 9.59 Å². The van der Waals surface area contributed by atoms with Crippen molar-refractivity contribution in [3.05, 3.63) is 40.4 Å². The van der Waals surface area contributed by atoms with Gasteiger partial charge < -0.3 is 10.6 Å². The van der Waals surface area contributed by atoms with Crippen molar-refractivity contribution in [3.8, 4) is 0 Å². The lowest BCUT2D eigenvalue weighted by atomic mass is 10.1. The first-order valence-corrected chi connectivity index (χ1v) is 6.88. The summed E-state index contributed by atoms with van der Waals surface area (Å²) >= 11 is 3.42. The third kappa shape index (κ3) is 3.44. The zero-order chi connectivity index (χ0) is 13.8. The highest BCUT2D eigenvalue weighted by atomic mass is 79.9. The van der Waals surface area contributed by atoms with Crippen molar-refractivity contribution >= 4 is 33.8 Å². The van der Waals surface area contributed by atoms with Crippen LogP contribution in [-0.2, 0) is 9.59 Å². The van der Waals surface area contributed by atoms with E-state index >= 15 is 0 Å². The molecule has 0 bridgehead atoms. The topological polar surface area (TPSA) is 63.4 Å². The molecule has 1 atom stereocenters. The van der Waals surface area contributed by atoms with Crippen molar-refractivity contribution in [2.45, 2.75) is 6.42 Å². The van der Waals surface area contributed by atoms with Gasteiger partial charge in [0.25, 0.3) is 0 Å². The first-order valence-electron chi connectivity index (χ1n) is 6.09. The summed E-state index contributed by atoms with van der Waals surface area (Å²) in [7, 11) is 0. The third-order valence-electron chi connectivity index (χ3n) is 3.21. The lowest BCUT2D eigenvalue weighted by molar-refractivity contribution is -0.125. The van der Waals surface area contributed by atoms with E-state index in [1.807, 2.05) is 24.3 Å². The van der Waals surface area contributed by atoms with E-state index in [2.05, 4.69) is 15.9 Å². The van der Waals surface area contributed by atoms with Gasteiger partial charge in [0.2, 0.25) is 11.8 Å². The van der Waals surface area contributed by atoms with Gasteiger partial charge in [0.1, 0.15) is 0 Å². The van der Waals surface area contributed by atoms with Crippen LogP contribution in [-0.4, -0.2) is 29.8 Å². The molecule has 4 nitrogen and oxygen atoms in total. The highest BCUT2D eigenvalue weighted by Gasteiger charge is 2.28. The Morgan fingerprint density at radius 2 is 2.11 bits per heavy atom. The standard InChI is InChI=1S/C14H15BrN2O2/c15-12-4-2-1-3-10(12)5-6-13(18)17-8-7-11(9-17)14(16)19/h1-6,11H,7-9H2,(H2,16,19)/b6-5-/t11-/m0/s1. The summed E-state index contributed by atoms with van der Waals surface area (Å²) in [6.45, 7) is 1.02. The van der Waals surface area contributed by atoms with E-state index < -0.39 is 0 Å². The average molecular weight is 323 g/mol. The second kappa shape index (κ2) is 6.02. The minimum Gasteiger partial charge on any atom is -0.369 e. The molecule has 0 unspecified atom stereocenters. The molecule has 0 aliphatic carbocycles. The van der Waals surface area contributed by atoms with Crippen LogP contribution in [0.5, 0.6) is 0 Å². The first-order chi connectivity index (χ1) is 9.08. The van der Waals surface area contributed by atoms with Gasteiger partial charge >= 0.3 is 0 Å². The largest absolute Gasteiger partial charge is 0.369 e. The Kier molecular flexibility index (Phi) is 4.37. The number of rotatable bonds is 3. The van der Waals surface area contributed by atoms with E-state index in [0.29, 0.717) is 19.5 Å². The molecule has 1 aromatic rings. The number of nitrogens with zero attached hydrogens (tertiary/aromatic N) is 1. The highest BCUT2D eigenvalue weighted by Crippen LogP contribution is 2.19. The van der Waals surface area contributed by atoms with Gasteiger partial charge in [-0.3, -0.25) is 9.59 Å². The molecule has 0 saturated carbocycles. The number of carbonyl (C=O) groups is 2. The molecular weight excluding hydrogens is 308 g/mol. The Balaban J connectivity index is 1.99. The van der Waals surface area contributed by atoms with Crippen molar-refractivity contribution in [1.29, 1.82) is 0 Å².